The molecule has 1 heterocycles. The van der Waals surface area contributed by atoms with Gasteiger partial charge in [-0.2, -0.15) is 0 Å². The monoisotopic (exact) mass is 344 g/mol. The molecule has 4 nitrogen and oxygen atoms in total. The number of hydrogen-bond donors (Lipinski definition) is 0. The van der Waals surface area contributed by atoms with Crippen molar-refractivity contribution in [3.05, 3.63) is 33.4 Å². The van der Waals surface area contributed by atoms with Gasteiger partial charge < -0.3 is 4.90 Å². The lowest BCUT2D eigenvalue weighted by Crippen LogP contribution is -2.41. The van der Waals surface area contributed by atoms with Gasteiger partial charge in [0.1, 0.15) is 5.54 Å². The second-order valence-corrected chi connectivity index (χ2v) is 5.53. The third kappa shape index (κ3) is 1.64. The minimum Gasteiger partial charge on any atom is -0.309 e. The van der Waals surface area contributed by atoms with Crippen LogP contribution in [0.5, 0.6) is 0 Å². The molecule has 0 bridgehead atoms. The van der Waals surface area contributed by atoms with Crippen LogP contribution in [0.4, 0.5) is 4.79 Å². The lowest BCUT2D eigenvalue weighted by atomic mass is 9.91. The number of carbonyl (C=O) groups excluding carboxylic acids is 2. The van der Waals surface area contributed by atoms with E-state index in [2.05, 4.69) is 22.6 Å². The van der Waals surface area contributed by atoms with Crippen molar-refractivity contribution in [3.8, 4) is 0 Å². The van der Waals surface area contributed by atoms with Crippen molar-refractivity contribution in [2.45, 2.75) is 12.5 Å². The number of amides is 3. The molecule has 0 radical (unpaired) electrons. The molecule has 0 saturated carbocycles. The fourth-order valence-corrected chi connectivity index (χ4v) is 2.42. The van der Waals surface area contributed by atoms with E-state index in [4.69, 9.17) is 0 Å². The third-order valence-corrected chi connectivity index (χ3v) is 4.09. The molecule has 90 valence electrons. The summed E-state index contributed by atoms with van der Waals surface area (Å²) in [6.07, 6.45) is 0. The van der Waals surface area contributed by atoms with Crippen LogP contribution in [-0.4, -0.2) is 35.8 Å². The quantitative estimate of drug-likeness (QED) is 0.578. The van der Waals surface area contributed by atoms with Crippen LogP contribution >= 0.6 is 22.6 Å². The van der Waals surface area contributed by atoms with Crippen LogP contribution in [0.3, 0.4) is 0 Å². The Kier molecular flexibility index (Phi) is 2.89. The summed E-state index contributed by atoms with van der Waals surface area (Å²) in [6.45, 7) is 1.78. The zero-order valence-electron chi connectivity index (χ0n) is 9.90. The Morgan fingerprint density at radius 3 is 2.06 bits per heavy atom. The Balaban J connectivity index is 2.52. The maximum atomic E-state index is 12.2. The second-order valence-electron chi connectivity index (χ2n) is 4.28. The summed E-state index contributed by atoms with van der Waals surface area (Å²) in [6, 6.07) is 7.39. The van der Waals surface area contributed by atoms with Crippen molar-refractivity contribution in [3.63, 3.8) is 0 Å². The van der Waals surface area contributed by atoms with Gasteiger partial charge in [0.2, 0.25) is 0 Å². The summed E-state index contributed by atoms with van der Waals surface area (Å²) in [7, 11) is 3.17. The SMILES string of the molecule is CN1C(=O)N(C)C(C)(c2ccc(I)cc2)C1=O. The second kappa shape index (κ2) is 3.97. The molecule has 1 saturated heterocycles. The Labute approximate surface area is 114 Å². The van der Waals surface area contributed by atoms with Crippen molar-refractivity contribution >= 4 is 34.5 Å². The predicted molar refractivity (Wildman–Crippen MR) is 72.4 cm³/mol. The van der Waals surface area contributed by atoms with Crippen LogP contribution in [0.1, 0.15) is 12.5 Å². The molecule has 1 aromatic carbocycles. The maximum Gasteiger partial charge on any atom is 0.327 e. The number of halogens is 1. The van der Waals surface area contributed by atoms with Crippen LogP contribution < -0.4 is 0 Å². The molecule has 1 unspecified atom stereocenters. The zero-order valence-corrected chi connectivity index (χ0v) is 12.1. The van der Waals surface area contributed by atoms with E-state index in [0.29, 0.717) is 0 Å². The fraction of sp³-hybridized carbons (Fsp3) is 0.333. The lowest BCUT2D eigenvalue weighted by molar-refractivity contribution is -0.131. The number of likely N-dealkylation sites (N-methyl/N-ethyl adjacent to an activating group) is 2. The fourth-order valence-electron chi connectivity index (χ4n) is 2.06. The molecule has 0 spiro atoms. The number of imide groups is 1. The van der Waals surface area contributed by atoms with Gasteiger partial charge in [-0.15, -0.1) is 0 Å². The van der Waals surface area contributed by atoms with Crippen LogP contribution in [-0.2, 0) is 10.3 Å². The largest absolute Gasteiger partial charge is 0.327 e. The van der Waals surface area contributed by atoms with Crippen LogP contribution in [0.25, 0.3) is 0 Å². The van der Waals surface area contributed by atoms with E-state index in [9.17, 15) is 9.59 Å². The molecular weight excluding hydrogens is 331 g/mol. The molecule has 0 N–H and O–H groups in total. The van der Waals surface area contributed by atoms with E-state index in [-0.39, 0.29) is 11.9 Å². The standard InChI is InChI=1S/C12H13IN2O2/c1-12(8-4-6-9(13)7-5-8)10(16)14(2)11(17)15(12)3/h4-7H,1-3H3. The first-order valence-corrected chi connectivity index (χ1v) is 6.29. The number of hydrogen-bond acceptors (Lipinski definition) is 2. The predicted octanol–water partition coefficient (Wildman–Crippen LogP) is 2.03. The van der Waals surface area contributed by atoms with Gasteiger partial charge in [-0.05, 0) is 47.2 Å². The highest BCUT2D eigenvalue weighted by molar-refractivity contribution is 14.1. The Morgan fingerprint density at radius 2 is 1.65 bits per heavy atom. The highest BCUT2D eigenvalue weighted by Gasteiger charge is 2.52. The molecule has 0 aromatic heterocycles. The van der Waals surface area contributed by atoms with E-state index in [0.717, 1.165) is 14.0 Å². The number of carbonyl (C=O) groups is 2. The summed E-state index contributed by atoms with van der Waals surface area (Å²) in [5, 5.41) is 0. The van der Waals surface area contributed by atoms with Gasteiger partial charge in [0.05, 0.1) is 0 Å². The minimum atomic E-state index is -0.893. The van der Waals surface area contributed by atoms with Gasteiger partial charge in [-0.25, -0.2) is 4.79 Å². The van der Waals surface area contributed by atoms with Gasteiger partial charge in [-0.3, -0.25) is 9.69 Å². The summed E-state index contributed by atoms with van der Waals surface area (Å²) in [5.74, 6) is -0.189. The third-order valence-electron chi connectivity index (χ3n) is 3.37. The van der Waals surface area contributed by atoms with E-state index in [1.54, 1.807) is 14.0 Å². The molecule has 0 aliphatic carbocycles. The summed E-state index contributed by atoms with van der Waals surface area (Å²) < 4.78 is 1.10. The molecule has 3 amide bonds. The topological polar surface area (TPSA) is 40.6 Å². The highest BCUT2D eigenvalue weighted by atomic mass is 127. The van der Waals surface area contributed by atoms with Gasteiger partial charge in [-0.1, -0.05) is 12.1 Å². The highest BCUT2D eigenvalue weighted by Crippen LogP contribution is 2.35. The van der Waals surface area contributed by atoms with Crippen LogP contribution in [0.2, 0.25) is 0 Å². The Bertz CT molecular complexity index is 486. The first-order chi connectivity index (χ1) is 7.89. The van der Waals surface area contributed by atoms with Crippen molar-refractivity contribution in [2.75, 3.05) is 14.1 Å². The molecule has 1 fully saturated rings. The van der Waals surface area contributed by atoms with E-state index >= 15 is 0 Å². The maximum absolute atomic E-state index is 12.2. The number of urea groups is 1. The number of benzene rings is 1. The summed E-state index contributed by atoms with van der Waals surface area (Å²) in [4.78, 5) is 26.6. The summed E-state index contributed by atoms with van der Waals surface area (Å²) >= 11 is 2.21. The Morgan fingerprint density at radius 1 is 1.12 bits per heavy atom. The van der Waals surface area contributed by atoms with Gasteiger partial charge >= 0.3 is 6.03 Å². The zero-order chi connectivity index (χ0) is 12.8. The van der Waals surface area contributed by atoms with Crippen molar-refractivity contribution in [2.24, 2.45) is 0 Å². The first-order valence-electron chi connectivity index (χ1n) is 5.21. The number of rotatable bonds is 1. The van der Waals surface area contributed by atoms with Crippen molar-refractivity contribution < 1.29 is 9.59 Å². The minimum absolute atomic E-state index is 0.189. The summed E-state index contributed by atoms with van der Waals surface area (Å²) in [5.41, 5.74) is -0.0565. The van der Waals surface area contributed by atoms with Crippen molar-refractivity contribution in [1.82, 2.24) is 9.80 Å². The molecule has 1 aliphatic rings. The normalized spacial score (nSPS) is 24.7. The Hall–Kier alpha value is -1.11. The molecule has 5 heteroatoms. The molecule has 17 heavy (non-hydrogen) atoms. The number of nitrogens with zero attached hydrogens (tertiary/aromatic N) is 2. The average Bonchev–Trinajstić information content (AvgIpc) is 2.47. The van der Waals surface area contributed by atoms with Gasteiger partial charge in [0.15, 0.2) is 0 Å². The van der Waals surface area contributed by atoms with Crippen LogP contribution in [0.15, 0.2) is 24.3 Å². The molecule has 1 atom stereocenters. The first kappa shape index (κ1) is 12.3. The smallest absolute Gasteiger partial charge is 0.309 e. The average molecular weight is 344 g/mol. The van der Waals surface area contributed by atoms with E-state index in [1.807, 2.05) is 24.3 Å². The molecule has 2 rings (SSSR count). The van der Waals surface area contributed by atoms with Gasteiger partial charge in [0, 0.05) is 17.7 Å². The lowest BCUT2D eigenvalue weighted by Gasteiger charge is -2.28. The van der Waals surface area contributed by atoms with Gasteiger partial charge in [0.25, 0.3) is 5.91 Å². The van der Waals surface area contributed by atoms with E-state index in [1.165, 1.54) is 11.9 Å². The molecule has 1 aromatic rings. The molecule has 1 aliphatic heterocycles. The van der Waals surface area contributed by atoms with Crippen LogP contribution in [0, 0.1) is 3.57 Å². The van der Waals surface area contributed by atoms with E-state index < -0.39 is 5.54 Å². The van der Waals surface area contributed by atoms with Crippen molar-refractivity contribution in [1.29, 1.82) is 0 Å². The molecular formula is C12H13IN2O2.